The number of nitrogens with zero attached hydrogens (tertiary/aromatic N) is 5. The van der Waals surface area contributed by atoms with E-state index in [-0.39, 0.29) is 5.75 Å². The third-order valence-electron chi connectivity index (χ3n) is 5.20. The summed E-state index contributed by atoms with van der Waals surface area (Å²) in [6, 6.07) is 20.1. The SMILES string of the molecule is COc1ccc(CCNC(=O)Oc2cc(-c3ccccc3C#N)cc(-n3cnnn3)c2)cc1OC. The fraction of sp³-hybridized carbons (Fsp3) is 0.160. The second-order valence-electron chi connectivity index (χ2n) is 7.38. The highest BCUT2D eigenvalue weighted by Crippen LogP contribution is 2.30. The fourth-order valence-corrected chi connectivity index (χ4v) is 3.53. The van der Waals surface area contributed by atoms with Crippen molar-refractivity contribution in [3.05, 3.63) is 78.1 Å². The third kappa shape index (κ3) is 5.54. The molecule has 0 aliphatic heterocycles. The predicted molar refractivity (Wildman–Crippen MR) is 127 cm³/mol. The Morgan fingerprint density at radius 1 is 1.06 bits per heavy atom. The quantitative estimate of drug-likeness (QED) is 0.415. The van der Waals surface area contributed by atoms with Gasteiger partial charge >= 0.3 is 6.09 Å². The van der Waals surface area contributed by atoms with Crippen LogP contribution in [0.3, 0.4) is 0 Å². The molecule has 4 rings (SSSR count). The number of nitriles is 1. The number of carbonyl (C=O) groups excluding carboxylic acids is 1. The highest BCUT2D eigenvalue weighted by Gasteiger charge is 2.13. The highest BCUT2D eigenvalue weighted by atomic mass is 16.6. The first kappa shape index (κ1) is 23.3. The van der Waals surface area contributed by atoms with Crippen LogP contribution in [-0.2, 0) is 6.42 Å². The van der Waals surface area contributed by atoms with Gasteiger partial charge in [0.05, 0.1) is 31.5 Å². The maximum absolute atomic E-state index is 12.5. The van der Waals surface area contributed by atoms with Gasteiger partial charge in [-0.1, -0.05) is 24.3 Å². The summed E-state index contributed by atoms with van der Waals surface area (Å²) in [6.07, 6.45) is 1.39. The molecule has 0 saturated carbocycles. The smallest absolute Gasteiger partial charge is 0.412 e. The molecule has 0 atom stereocenters. The lowest BCUT2D eigenvalue weighted by Crippen LogP contribution is -2.28. The van der Waals surface area contributed by atoms with Crippen molar-refractivity contribution in [3.63, 3.8) is 0 Å². The van der Waals surface area contributed by atoms with Gasteiger partial charge in [0.25, 0.3) is 0 Å². The van der Waals surface area contributed by atoms with Crippen molar-refractivity contribution in [3.8, 4) is 40.1 Å². The van der Waals surface area contributed by atoms with Crippen LogP contribution in [-0.4, -0.2) is 47.1 Å². The van der Waals surface area contributed by atoms with Crippen molar-refractivity contribution in [2.24, 2.45) is 0 Å². The molecule has 0 unspecified atom stereocenters. The molecule has 0 fully saturated rings. The van der Waals surface area contributed by atoms with Crippen molar-refractivity contribution in [2.45, 2.75) is 6.42 Å². The molecule has 0 spiro atoms. The number of rotatable bonds is 8. The monoisotopic (exact) mass is 470 g/mol. The van der Waals surface area contributed by atoms with E-state index in [2.05, 4.69) is 26.9 Å². The summed E-state index contributed by atoms with van der Waals surface area (Å²) >= 11 is 0. The first-order valence-corrected chi connectivity index (χ1v) is 10.7. The van der Waals surface area contributed by atoms with E-state index in [1.807, 2.05) is 36.4 Å². The lowest BCUT2D eigenvalue weighted by Gasteiger charge is -2.12. The minimum absolute atomic E-state index is 0.282. The van der Waals surface area contributed by atoms with Crippen LogP contribution in [0.15, 0.2) is 67.0 Å². The molecule has 1 heterocycles. The molecular formula is C25H22N6O4. The summed E-state index contributed by atoms with van der Waals surface area (Å²) in [6.45, 7) is 0.352. The van der Waals surface area contributed by atoms with Crippen LogP contribution in [0.1, 0.15) is 11.1 Å². The molecule has 35 heavy (non-hydrogen) atoms. The standard InChI is InChI=1S/C25H22N6O4/c1-33-23-8-7-17(11-24(23)34-2)9-10-27-25(32)35-21-13-19(22-6-4-3-5-18(22)15-26)12-20(14-21)31-16-28-29-30-31/h3-8,11-14,16H,9-10H2,1-2H3,(H,27,32). The number of amides is 1. The summed E-state index contributed by atoms with van der Waals surface area (Å²) in [4.78, 5) is 12.5. The van der Waals surface area contributed by atoms with Gasteiger partial charge in [-0.2, -0.15) is 5.26 Å². The number of nitrogens with one attached hydrogen (secondary N) is 1. The number of ether oxygens (including phenoxy) is 3. The Balaban J connectivity index is 1.50. The van der Waals surface area contributed by atoms with Gasteiger partial charge in [0, 0.05) is 12.6 Å². The van der Waals surface area contributed by atoms with Crippen LogP contribution in [0, 0.1) is 11.3 Å². The molecule has 3 aromatic carbocycles. The maximum Gasteiger partial charge on any atom is 0.412 e. The Kier molecular flexibility index (Phi) is 7.18. The largest absolute Gasteiger partial charge is 0.493 e. The Hall–Kier alpha value is -4.91. The van der Waals surface area contributed by atoms with Gasteiger partial charge < -0.3 is 19.5 Å². The molecular weight excluding hydrogens is 448 g/mol. The number of tetrazole rings is 1. The van der Waals surface area contributed by atoms with Crippen LogP contribution >= 0.6 is 0 Å². The average Bonchev–Trinajstić information content (AvgIpc) is 3.43. The van der Waals surface area contributed by atoms with E-state index >= 15 is 0 Å². The van der Waals surface area contributed by atoms with Gasteiger partial charge in [-0.05, 0) is 63.9 Å². The molecule has 10 nitrogen and oxygen atoms in total. The van der Waals surface area contributed by atoms with E-state index in [1.165, 1.54) is 11.0 Å². The third-order valence-corrected chi connectivity index (χ3v) is 5.20. The van der Waals surface area contributed by atoms with Gasteiger partial charge in [0.15, 0.2) is 11.5 Å². The van der Waals surface area contributed by atoms with Gasteiger partial charge in [-0.3, -0.25) is 0 Å². The number of methoxy groups -OCH3 is 2. The number of benzene rings is 3. The summed E-state index contributed by atoms with van der Waals surface area (Å²) in [5.74, 6) is 1.54. The fourth-order valence-electron chi connectivity index (χ4n) is 3.53. The van der Waals surface area contributed by atoms with Crippen molar-refractivity contribution in [1.29, 1.82) is 5.26 Å². The normalized spacial score (nSPS) is 10.3. The molecule has 1 amide bonds. The van der Waals surface area contributed by atoms with Crippen LogP contribution in [0.4, 0.5) is 4.79 Å². The predicted octanol–water partition coefficient (Wildman–Crippen LogP) is 3.55. The van der Waals surface area contributed by atoms with E-state index < -0.39 is 6.09 Å². The van der Waals surface area contributed by atoms with Crippen molar-refractivity contribution >= 4 is 6.09 Å². The summed E-state index contributed by atoms with van der Waals surface area (Å²) in [7, 11) is 3.15. The van der Waals surface area contributed by atoms with E-state index in [0.717, 1.165) is 5.56 Å². The molecule has 1 N–H and O–H groups in total. The summed E-state index contributed by atoms with van der Waals surface area (Å²) < 4.78 is 17.6. The number of hydrogen-bond donors (Lipinski definition) is 1. The second-order valence-corrected chi connectivity index (χ2v) is 7.38. The van der Waals surface area contributed by atoms with Gasteiger partial charge in [0.1, 0.15) is 12.1 Å². The zero-order valence-corrected chi connectivity index (χ0v) is 19.1. The number of hydrogen-bond acceptors (Lipinski definition) is 8. The Morgan fingerprint density at radius 3 is 2.63 bits per heavy atom. The topological polar surface area (TPSA) is 124 Å². The van der Waals surface area contributed by atoms with E-state index in [1.54, 1.807) is 38.5 Å². The minimum atomic E-state index is -0.612. The molecule has 0 bridgehead atoms. The molecule has 176 valence electrons. The van der Waals surface area contributed by atoms with Crippen molar-refractivity contribution < 1.29 is 19.0 Å². The molecule has 0 aliphatic rings. The molecule has 1 aromatic heterocycles. The van der Waals surface area contributed by atoms with E-state index in [0.29, 0.717) is 46.8 Å². The zero-order chi connectivity index (χ0) is 24.6. The van der Waals surface area contributed by atoms with Gasteiger partial charge in [-0.25, -0.2) is 9.48 Å². The second kappa shape index (κ2) is 10.8. The zero-order valence-electron chi connectivity index (χ0n) is 19.1. The van der Waals surface area contributed by atoms with Crippen LogP contribution in [0.5, 0.6) is 17.2 Å². The first-order valence-electron chi connectivity index (χ1n) is 10.7. The molecule has 10 heteroatoms. The molecule has 0 radical (unpaired) electrons. The van der Waals surface area contributed by atoms with Crippen LogP contribution < -0.4 is 19.5 Å². The van der Waals surface area contributed by atoms with Gasteiger partial charge in [-0.15, -0.1) is 5.10 Å². The van der Waals surface area contributed by atoms with E-state index in [4.69, 9.17) is 14.2 Å². The summed E-state index contributed by atoms with van der Waals surface area (Å²) in [5.41, 5.74) is 3.42. The number of carbonyl (C=O) groups is 1. The Bertz CT molecular complexity index is 1360. The van der Waals surface area contributed by atoms with Gasteiger partial charge in [0.2, 0.25) is 0 Å². The highest BCUT2D eigenvalue weighted by molar-refractivity contribution is 5.76. The molecule has 0 saturated heterocycles. The lowest BCUT2D eigenvalue weighted by atomic mass is 9.99. The lowest BCUT2D eigenvalue weighted by molar-refractivity contribution is 0.200. The Labute approximate surface area is 201 Å². The maximum atomic E-state index is 12.5. The molecule has 0 aliphatic carbocycles. The minimum Gasteiger partial charge on any atom is -0.493 e. The van der Waals surface area contributed by atoms with Crippen molar-refractivity contribution in [1.82, 2.24) is 25.5 Å². The van der Waals surface area contributed by atoms with Crippen molar-refractivity contribution in [2.75, 3.05) is 20.8 Å². The molecule has 4 aromatic rings. The summed E-state index contributed by atoms with van der Waals surface area (Å²) in [5, 5.41) is 23.5. The Morgan fingerprint density at radius 2 is 1.89 bits per heavy atom. The van der Waals surface area contributed by atoms with Crippen LogP contribution in [0.25, 0.3) is 16.8 Å². The van der Waals surface area contributed by atoms with Crippen LogP contribution in [0.2, 0.25) is 0 Å². The first-order chi connectivity index (χ1) is 17.1. The average molecular weight is 470 g/mol. The number of aromatic nitrogens is 4. The van der Waals surface area contributed by atoms with E-state index in [9.17, 15) is 10.1 Å².